The maximum Gasteiger partial charge on any atom is 0.306 e. The number of carbonyl (C=O) groups excluding carboxylic acids is 2. The average Bonchev–Trinajstić information content (AvgIpc) is 3.16. The lowest BCUT2D eigenvalue weighted by Gasteiger charge is -2.20. The maximum atomic E-state index is 13.0. The van der Waals surface area contributed by atoms with Crippen LogP contribution in [0.2, 0.25) is 0 Å². The zero-order valence-corrected chi connectivity index (χ0v) is 16.5. The summed E-state index contributed by atoms with van der Waals surface area (Å²) in [5, 5.41) is 2.97. The summed E-state index contributed by atoms with van der Waals surface area (Å²) in [6.45, 7) is -0.262. The molecule has 3 rings (SSSR count). The molecule has 1 aliphatic carbocycles. The summed E-state index contributed by atoms with van der Waals surface area (Å²) in [4.78, 5) is 28.1. The third-order valence-electron chi connectivity index (χ3n) is 5.06. The minimum atomic E-state index is -0.473. The number of hydrogen-bond acceptors (Lipinski definition) is 5. The number of nitrogens with one attached hydrogen (secondary N) is 1. The third kappa shape index (κ3) is 7.00. The molecule has 1 aromatic carbocycles. The molecule has 0 saturated heterocycles. The van der Waals surface area contributed by atoms with E-state index < -0.39 is 5.97 Å². The molecule has 1 aliphatic rings. The van der Waals surface area contributed by atoms with Crippen LogP contribution in [0.15, 0.2) is 34.9 Å². The van der Waals surface area contributed by atoms with Crippen LogP contribution in [-0.2, 0) is 20.7 Å². The number of amides is 1. The van der Waals surface area contributed by atoms with E-state index >= 15 is 0 Å². The molecule has 7 heteroatoms. The van der Waals surface area contributed by atoms with Crippen molar-refractivity contribution in [2.45, 2.75) is 63.8 Å². The van der Waals surface area contributed by atoms with Gasteiger partial charge in [-0.3, -0.25) is 9.59 Å². The normalized spacial score (nSPS) is 15.3. The second-order valence-electron chi connectivity index (χ2n) is 7.40. The molecule has 0 unspecified atom stereocenters. The van der Waals surface area contributed by atoms with Crippen LogP contribution in [0.4, 0.5) is 4.39 Å². The highest BCUT2D eigenvalue weighted by molar-refractivity contribution is 5.80. The second kappa shape index (κ2) is 10.7. The summed E-state index contributed by atoms with van der Waals surface area (Å²) < 4.78 is 23.6. The fraction of sp³-hybridized carbons (Fsp3) is 0.500. The van der Waals surface area contributed by atoms with E-state index in [0.29, 0.717) is 17.2 Å². The molecule has 0 atom stereocenters. The van der Waals surface area contributed by atoms with Gasteiger partial charge >= 0.3 is 5.97 Å². The predicted molar refractivity (Wildman–Crippen MR) is 105 cm³/mol. The van der Waals surface area contributed by atoms with Gasteiger partial charge in [0.15, 0.2) is 18.3 Å². The Morgan fingerprint density at radius 1 is 1.10 bits per heavy atom. The van der Waals surface area contributed by atoms with E-state index in [1.165, 1.54) is 37.6 Å². The Balaban J connectivity index is 1.37. The molecule has 0 aliphatic heterocycles. The van der Waals surface area contributed by atoms with E-state index in [4.69, 9.17) is 9.15 Å². The van der Waals surface area contributed by atoms with Crippen LogP contribution in [0.25, 0.3) is 11.3 Å². The van der Waals surface area contributed by atoms with E-state index in [0.717, 1.165) is 25.7 Å². The molecule has 6 nitrogen and oxygen atoms in total. The number of ether oxygens (including phenoxy) is 1. The number of aromatic nitrogens is 1. The summed E-state index contributed by atoms with van der Waals surface area (Å²) in [7, 11) is 0. The molecule has 0 bridgehead atoms. The van der Waals surface area contributed by atoms with Gasteiger partial charge in [-0.05, 0) is 37.1 Å². The molecule has 1 heterocycles. The number of oxazole rings is 1. The molecule has 1 aromatic heterocycles. The van der Waals surface area contributed by atoms with Gasteiger partial charge in [-0.15, -0.1) is 0 Å². The highest BCUT2D eigenvalue weighted by Crippen LogP contribution is 2.21. The average molecular weight is 402 g/mol. The number of rotatable bonds is 7. The highest BCUT2D eigenvalue weighted by Gasteiger charge is 2.16. The molecule has 0 radical (unpaired) electrons. The lowest BCUT2D eigenvalue weighted by molar-refractivity contribution is -0.148. The van der Waals surface area contributed by atoms with Crippen molar-refractivity contribution in [3.8, 4) is 11.3 Å². The maximum absolute atomic E-state index is 13.0. The first-order chi connectivity index (χ1) is 14.1. The number of carbonyl (C=O) groups is 2. The van der Waals surface area contributed by atoms with Gasteiger partial charge in [0.2, 0.25) is 0 Å². The van der Waals surface area contributed by atoms with Crippen LogP contribution in [-0.4, -0.2) is 29.5 Å². The Morgan fingerprint density at radius 2 is 1.79 bits per heavy atom. The van der Waals surface area contributed by atoms with E-state index in [2.05, 4.69) is 10.3 Å². The van der Waals surface area contributed by atoms with Gasteiger partial charge in [-0.25, -0.2) is 9.37 Å². The quantitative estimate of drug-likeness (QED) is 0.703. The van der Waals surface area contributed by atoms with Crippen molar-refractivity contribution in [1.82, 2.24) is 10.3 Å². The Morgan fingerprint density at radius 3 is 2.52 bits per heavy atom. The van der Waals surface area contributed by atoms with Crippen molar-refractivity contribution in [3.63, 3.8) is 0 Å². The minimum absolute atomic E-state index is 0.0695. The lowest BCUT2D eigenvalue weighted by Crippen LogP contribution is -2.38. The fourth-order valence-corrected chi connectivity index (χ4v) is 3.47. The van der Waals surface area contributed by atoms with Gasteiger partial charge in [0, 0.05) is 18.0 Å². The first-order valence-corrected chi connectivity index (χ1v) is 10.3. The van der Waals surface area contributed by atoms with Crippen molar-refractivity contribution in [2.24, 2.45) is 0 Å². The predicted octanol–water partition coefficient (Wildman–Crippen LogP) is 4.19. The van der Waals surface area contributed by atoms with Crippen molar-refractivity contribution < 1.29 is 23.1 Å². The zero-order chi connectivity index (χ0) is 20.5. The molecule has 1 N–H and O–H groups in total. The standard InChI is InChI=1S/C22H27FN2O4/c23-17-10-8-16(9-11-17)19-14-24-21(29-19)12-13-22(27)28-15-20(26)25-18-6-4-2-1-3-5-7-18/h8-11,14,18H,1-7,12-13,15H2,(H,25,26). The smallest absolute Gasteiger partial charge is 0.306 e. The monoisotopic (exact) mass is 402 g/mol. The zero-order valence-electron chi connectivity index (χ0n) is 16.5. The van der Waals surface area contributed by atoms with E-state index in [-0.39, 0.29) is 37.2 Å². The fourth-order valence-electron chi connectivity index (χ4n) is 3.47. The molecule has 2 aromatic rings. The summed E-state index contributed by atoms with van der Waals surface area (Å²) in [5.74, 6) is -0.153. The molecular weight excluding hydrogens is 375 g/mol. The van der Waals surface area contributed by atoms with Gasteiger partial charge in [-0.1, -0.05) is 32.1 Å². The number of esters is 1. The SMILES string of the molecule is O=C(COC(=O)CCc1ncc(-c2ccc(F)cc2)o1)NC1CCCCCCC1. The Kier molecular flexibility index (Phi) is 7.78. The molecular formula is C22H27FN2O4. The van der Waals surface area contributed by atoms with E-state index in [1.54, 1.807) is 12.1 Å². The Bertz CT molecular complexity index is 795. The number of halogens is 1. The Labute approximate surface area is 169 Å². The molecule has 1 amide bonds. The lowest BCUT2D eigenvalue weighted by atomic mass is 9.97. The number of hydrogen-bond donors (Lipinski definition) is 1. The first-order valence-electron chi connectivity index (χ1n) is 10.3. The number of nitrogens with zero attached hydrogens (tertiary/aromatic N) is 1. The van der Waals surface area contributed by atoms with E-state index in [1.807, 2.05) is 0 Å². The van der Waals surface area contributed by atoms with Gasteiger partial charge < -0.3 is 14.5 Å². The highest BCUT2D eigenvalue weighted by atomic mass is 19.1. The first kappa shape index (κ1) is 21.0. The van der Waals surface area contributed by atoms with Gasteiger partial charge in [-0.2, -0.15) is 0 Å². The molecule has 29 heavy (non-hydrogen) atoms. The largest absolute Gasteiger partial charge is 0.456 e. The van der Waals surface area contributed by atoms with Crippen molar-refractivity contribution in [3.05, 3.63) is 42.2 Å². The van der Waals surface area contributed by atoms with Crippen LogP contribution in [0.3, 0.4) is 0 Å². The van der Waals surface area contributed by atoms with Gasteiger partial charge in [0.25, 0.3) is 5.91 Å². The molecule has 156 valence electrons. The van der Waals surface area contributed by atoms with Crippen LogP contribution >= 0.6 is 0 Å². The van der Waals surface area contributed by atoms with Gasteiger partial charge in [0.1, 0.15) is 5.82 Å². The molecule has 1 saturated carbocycles. The number of benzene rings is 1. The van der Waals surface area contributed by atoms with Crippen LogP contribution in [0.1, 0.15) is 57.3 Å². The van der Waals surface area contributed by atoms with Crippen LogP contribution in [0.5, 0.6) is 0 Å². The summed E-state index contributed by atoms with van der Waals surface area (Å²) >= 11 is 0. The van der Waals surface area contributed by atoms with E-state index in [9.17, 15) is 14.0 Å². The topological polar surface area (TPSA) is 81.4 Å². The third-order valence-corrected chi connectivity index (χ3v) is 5.06. The summed E-state index contributed by atoms with van der Waals surface area (Å²) in [6.07, 6.45) is 9.80. The van der Waals surface area contributed by atoms with Crippen molar-refractivity contribution >= 4 is 11.9 Å². The van der Waals surface area contributed by atoms with Crippen molar-refractivity contribution in [2.75, 3.05) is 6.61 Å². The summed E-state index contributed by atoms with van der Waals surface area (Å²) in [5.41, 5.74) is 0.707. The second-order valence-corrected chi connectivity index (χ2v) is 7.40. The number of aryl methyl sites for hydroxylation is 1. The minimum Gasteiger partial charge on any atom is -0.456 e. The molecule has 1 fully saturated rings. The molecule has 0 spiro atoms. The van der Waals surface area contributed by atoms with Crippen LogP contribution < -0.4 is 5.32 Å². The van der Waals surface area contributed by atoms with Crippen LogP contribution in [0, 0.1) is 5.82 Å². The summed E-state index contributed by atoms with van der Waals surface area (Å²) in [6, 6.07) is 6.07. The van der Waals surface area contributed by atoms with Gasteiger partial charge in [0.05, 0.1) is 12.6 Å². The van der Waals surface area contributed by atoms with Crippen molar-refractivity contribution in [1.29, 1.82) is 0 Å². The Hall–Kier alpha value is -2.70.